The first-order valence-electron chi connectivity index (χ1n) is 5.21. The van der Waals surface area contributed by atoms with E-state index in [-0.39, 0.29) is 12.4 Å². The van der Waals surface area contributed by atoms with Crippen molar-refractivity contribution in [3.63, 3.8) is 0 Å². The van der Waals surface area contributed by atoms with E-state index in [0.29, 0.717) is 11.1 Å². The van der Waals surface area contributed by atoms with Crippen molar-refractivity contribution >= 4 is 5.97 Å². The zero-order chi connectivity index (χ0) is 12.8. The van der Waals surface area contributed by atoms with Crippen LogP contribution in [0.25, 0.3) is 0 Å². The average Bonchev–Trinajstić information content (AvgIpc) is 2.37. The van der Waals surface area contributed by atoms with E-state index in [2.05, 4.69) is 4.74 Å². The Kier molecular flexibility index (Phi) is 5.09. The van der Waals surface area contributed by atoms with E-state index in [9.17, 15) is 15.0 Å². The van der Waals surface area contributed by atoms with Crippen molar-refractivity contribution in [1.82, 2.24) is 0 Å². The Labute approximate surface area is 99.3 Å². The molecule has 0 fully saturated rings. The number of carbonyl (C=O) groups excluding carboxylic acids is 1. The smallest absolute Gasteiger partial charge is 0.309 e. The Balaban J connectivity index is 2.81. The quantitative estimate of drug-likeness (QED) is 0.620. The van der Waals surface area contributed by atoms with Crippen molar-refractivity contribution in [2.75, 3.05) is 13.7 Å². The zero-order valence-corrected chi connectivity index (χ0v) is 9.54. The lowest BCUT2D eigenvalue weighted by molar-refractivity contribution is -0.139. The molecule has 0 aliphatic rings. The van der Waals surface area contributed by atoms with Crippen LogP contribution in [0.15, 0.2) is 24.3 Å². The molecule has 94 valence electrons. The zero-order valence-electron chi connectivity index (χ0n) is 9.54. The molecule has 0 amide bonds. The highest BCUT2D eigenvalue weighted by molar-refractivity contribution is 5.72. The molecule has 2 unspecified atom stereocenters. The summed E-state index contributed by atoms with van der Waals surface area (Å²) in [5, 5.41) is 27.7. The van der Waals surface area contributed by atoms with Gasteiger partial charge in [-0.2, -0.15) is 0 Å². The van der Waals surface area contributed by atoms with Crippen molar-refractivity contribution in [1.29, 1.82) is 0 Å². The third-order valence-electron chi connectivity index (χ3n) is 2.42. The number of hydrogen-bond acceptors (Lipinski definition) is 5. The molecule has 1 rings (SSSR count). The van der Waals surface area contributed by atoms with E-state index < -0.39 is 18.8 Å². The molecule has 0 saturated carbocycles. The van der Waals surface area contributed by atoms with Crippen LogP contribution in [0.4, 0.5) is 0 Å². The number of hydrogen-bond donors (Lipinski definition) is 3. The van der Waals surface area contributed by atoms with Crippen molar-refractivity contribution in [2.45, 2.75) is 18.6 Å². The summed E-state index contributed by atoms with van der Waals surface area (Å²) >= 11 is 0. The summed E-state index contributed by atoms with van der Waals surface area (Å²) < 4.78 is 4.53. The largest absolute Gasteiger partial charge is 0.469 e. The first-order valence-corrected chi connectivity index (χ1v) is 5.21. The maximum Gasteiger partial charge on any atom is 0.309 e. The van der Waals surface area contributed by atoms with Crippen LogP contribution in [0.2, 0.25) is 0 Å². The van der Waals surface area contributed by atoms with Gasteiger partial charge in [0.2, 0.25) is 0 Å². The van der Waals surface area contributed by atoms with Crippen LogP contribution in [-0.4, -0.2) is 41.1 Å². The molecule has 17 heavy (non-hydrogen) atoms. The fourth-order valence-corrected chi connectivity index (χ4v) is 1.45. The SMILES string of the molecule is COC(=O)Cc1cccc(C(O)C(O)CO)c1. The Morgan fingerprint density at radius 1 is 1.41 bits per heavy atom. The molecule has 5 heteroatoms. The van der Waals surface area contributed by atoms with Crippen molar-refractivity contribution in [2.24, 2.45) is 0 Å². The number of methoxy groups -OCH3 is 1. The third-order valence-corrected chi connectivity index (χ3v) is 2.42. The fraction of sp³-hybridized carbons (Fsp3) is 0.417. The topological polar surface area (TPSA) is 87.0 Å². The minimum absolute atomic E-state index is 0.103. The van der Waals surface area contributed by atoms with E-state index >= 15 is 0 Å². The molecule has 1 aromatic rings. The summed E-state index contributed by atoms with van der Waals surface area (Å²) in [5.41, 5.74) is 1.13. The summed E-state index contributed by atoms with van der Waals surface area (Å²) in [5.74, 6) is -0.376. The van der Waals surface area contributed by atoms with Gasteiger partial charge in [-0.05, 0) is 11.1 Å². The van der Waals surface area contributed by atoms with Crippen molar-refractivity contribution in [3.8, 4) is 0 Å². The second kappa shape index (κ2) is 6.34. The number of ether oxygens (including phenoxy) is 1. The van der Waals surface area contributed by atoms with Crippen LogP contribution in [0.3, 0.4) is 0 Å². The average molecular weight is 240 g/mol. The molecule has 0 heterocycles. The molecule has 0 bridgehead atoms. The Hall–Kier alpha value is -1.43. The van der Waals surface area contributed by atoms with Crippen LogP contribution >= 0.6 is 0 Å². The monoisotopic (exact) mass is 240 g/mol. The van der Waals surface area contributed by atoms with Gasteiger partial charge in [0.1, 0.15) is 12.2 Å². The standard InChI is InChI=1S/C12H16O5/c1-17-11(15)6-8-3-2-4-9(5-8)12(16)10(14)7-13/h2-5,10,12-14,16H,6-7H2,1H3. The normalized spacial score (nSPS) is 14.1. The summed E-state index contributed by atoms with van der Waals surface area (Å²) in [7, 11) is 1.30. The van der Waals surface area contributed by atoms with Gasteiger partial charge in [-0.1, -0.05) is 24.3 Å². The Bertz CT molecular complexity index is 377. The van der Waals surface area contributed by atoms with Crippen molar-refractivity contribution < 1.29 is 24.9 Å². The molecule has 0 aliphatic heterocycles. The van der Waals surface area contributed by atoms with E-state index in [0.717, 1.165) is 0 Å². The van der Waals surface area contributed by atoms with Gasteiger partial charge >= 0.3 is 5.97 Å². The van der Waals surface area contributed by atoms with Crippen LogP contribution < -0.4 is 0 Å². The lowest BCUT2D eigenvalue weighted by atomic mass is 10.0. The minimum atomic E-state index is -1.23. The second-order valence-corrected chi connectivity index (χ2v) is 3.69. The number of benzene rings is 1. The van der Waals surface area contributed by atoms with Gasteiger partial charge < -0.3 is 20.1 Å². The van der Waals surface area contributed by atoms with Gasteiger partial charge in [-0.3, -0.25) is 4.79 Å². The molecule has 0 saturated heterocycles. The number of aliphatic hydroxyl groups is 3. The lowest BCUT2D eigenvalue weighted by Crippen LogP contribution is -2.22. The van der Waals surface area contributed by atoms with E-state index in [1.54, 1.807) is 24.3 Å². The first kappa shape index (κ1) is 13.6. The number of aliphatic hydroxyl groups excluding tert-OH is 3. The van der Waals surface area contributed by atoms with Crippen molar-refractivity contribution in [3.05, 3.63) is 35.4 Å². The number of rotatable bonds is 5. The molecular weight excluding hydrogens is 224 g/mol. The Morgan fingerprint density at radius 3 is 2.71 bits per heavy atom. The molecule has 0 aliphatic carbocycles. The predicted molar refractivity (Wildman–Crippen MR) is 60.2 cm³/mol. The van der Waals surface area contributed by atoms with Gasteiger partial charge in [0.25, 0.3) is 0 Å². The summed E-state index contributed by atoms with van der Waals surface area (Å²) in [4.78, 5) is 11.1. The van der Waals surface area contributed by atoms with Gasteiger partial charge in [0, 0.05) is 0 Å². The molecule has 0 aromatic heterocycles. The molecule has 3 N–H and O–H groups in total. The second-order valence-electron chi connectivity index (χ2n) is 3.69. The molecule has 2 atom stereocenters. The van der Waals surface area contributed by atoms with Gasteiger partial charge in [-0.25, -0.2) is 0 Å². The van der Waals surface area contributed by atoms with Crippen LogP contribution in [0.5, 0.6) is 0 Å². The summed E-state index contributed by atoms with van der Waals surface area (Å²) in [6, 6.07) is 6.60. The lowest BCUT2D eigenvalue weighted by Gasteiger charge is -2.16. The fourth-order valence-electron chi connectivity index (χ4n) is 1.45. The van der Waals surface area contributed by atoms with E-state index in [4.69, 9.17) is 5.11 Å². The molecular formula is C12H16O5. The number of esters is 1. The number of carbonyl (C=O) groups is 1. The van der Waals surface area contributed by atoms with Gasteiger partial charge in [-0.15, -0.1) is 0 Å². The maximum absolute atomic E-state index is 11.1. The highest BCUT2D eigenvalue weighted by Gasteiger charge is 2.17. The van der Waals surface area contributed by atoms with Crippen LogP contribution in [0.1, 0.15) is 17.2 Å². The summed E-state index contributed by atoms with van der Waals surface area (Å²) in [6.07, 6.45) is -2.30. The van der Waals surface area contributed by atoms with Gasteiger partial charge in [0.15, 0.2) is 0 Å². The molecule has 5 nitrogen and oxygen atoms in total. The third kappa shape index (κ3) is 3.81. The molecule has 0 spiro atoms. The van der Waals surface area contributed by atoms with E-state index in [1.165, 1.54) is 7.11 Å². The van der Waals surface area contributed by atoms with Gasteiger partial charge in [0.05, 0.1) is 20.1 Å². The van der Waals surface area contributed by atoms with Crippen LogP contribution in [-0.2, 0) is 16.0 Å². The molecule has 1 aromatic carbocycles. The maximum atomic E-state index is 11.1. The van der Waals surface area contributed by atoms with E-state index in [1.807, 2.05) is 0 Å². The Morgan fingerprint density at radius 2 is 2.12 bits per heavy atom. The first-order chi connectivity index (χ1) is 8.08. The predicted octanol–water partition coefficient (Wildman–Crippen LogP) is -0.211. The minimum Gasteiger partial charge on any atom is -0.469 e. The highest BCUT2D eigenvalue weighted by atomic mass is 16.5. The molecule has 0 radical (unpaired) electrons. The highest BCUT2D eigenvalue weighted by Crippen LogP contribution is 2.18. The van der Waals surface area contributed by atoms with Crippen LogP contribution in [0, 0.1) is 0 Å². The summed E-state index contributed by atoms with van der Waals surface area (Å²) in [6.45, 7) is -0.525.